The number of hydrogen-bond donors (Lipinski definition) is 2. The molecule has 1 atom stereocenters. The number of nitrogens with zero attached hydrogens (tertiary/aromatic N) is 1. The van der Waals surface area contributed by atoms with Crippen LogP contribution in [0.3, 0.4) is 0 Å². The van der Waals surface area contributed by atoms with E-state index in [4.69, 9.17) is 17.0 Å². The van der Waals surface area contributed by atoms with Crippen molar-refractivity contribution in [1.82, 2.24) is 9.88 Å². The van der Waals surface area contributed by atoms with Gasteiger partial charge in [0.1, 0.15) is 0 Å². The molecule has 1 aromatic heterocycles. The van der Waals surface area contributed by atoms with Gasteiger partial charge in [-0.05, 0) is 72.8 Å². The van der Waals surface area contributed by atoms with Gasteiger partial charge in [0.25, 0.3) is 5.56 Å². The van der Waals surface area contributed by atoms with E-state index in [0.29, 0.717) is 23.8 Å². The molecule has 0 unspecified atom stereocenters. The fourth-order valence-electron chi connectivity index (χ4n) is 3.82. The van der Waals surface area contributed by atoms with Gasteiger partial charge in [0.15, 0.2) is 5.11 Å². The number of anilines is 1. The maximum Gasteiger partial charge on any atom is 0.253 e. The van der Waals surface area contributed by atoms with Crippen molar-refractivity contribution >= 4 is 33.9 Å². The van der Waals surface area contributed by atoms with Crippen molar-refractivity contribution in [3.05, 3.63) is 76.1 Å². The van der Waals surface area contributed by atoms with Crippen LogP contribution in [0.4, 0.5) is 5.69 Å². The van der Waals surface area contributed by atoms with Crippen LogP contribution < -0.4 is 10.9 Å². The number of benzene rings is 2. The average Bonchev–Trinajstić information content (AvgIpc) is 3.27. The summed E-state index contributed by atoms with van der Waals surface area (Å²) >= 11 is 5.72. The lowest BCUT2D eigenvalue weighted by molar-refractivity contribution is 0.0904. The van der Waals surface area contributed by atoms with E-state index in [1.165, 1.54) is 5.56 Å². The number of aromatic amines is 1. The number of ether oxygens (including phenoxy) is 1. The van der Waals surface area contributed by atoms with Crippen LogP contribution in [0, 0.1) is 0 Å². The summed E-state index contributed by atoms with van der Waals surface area (Å²) in [5.41, 5.74) is 3.66. The molecule has 0 bridgehead atoms. The smallest absolute Gasteiger partial charge is 0.253 e. The molecule has 30 heavy (non-hydrogen) atoms. The first-order chi connectivity index (χ1) is 14.6. The van der Waals surface area contributed by atoms with Crippen molar-refractivity contribution in [2.24, 2.45) is 0 Å². The number of pyridine rings is 1. The second-order valence-corrected chi connectivity index (χ2v) is 8.10. The van der Waals surface area contributed by atoms with E-state index in [-0.39, 0.29) is 11.7 Å². The van der Waals surface area contributed by atoms with Gasteiger partial charge in [0, 0.05) is 29.9 Å². The number of aryl methyl sites for hydroxylation is 1. The Labute approximate surface area is 182 Å². The van der Waals surface area contributed by atoms with Crippen LogP contribution in [0.25, 0.3) is 10.9 Å². The Morgan fingerprint density at radius 1 is 1.23 bits per heavy atom. The molecule has 156 valence electrons. The lowest BCUT2D eigenvalue weighted by Gasteiger charge is -2.28. The Bertz CT molecular complexity index is 1070. The van der Waals surface area contributed by atoms with E-state index in [1.807, 2.05) is 47.4 Å². The van der Waals surface area contributed by atoms with Crippen LogP contribution in [-0.4, -0.2) is 34.3 Å². The summed E-state index contributed by atoms with van der Waals surface area (Å²) in [7, 11) is 0. The number of para-hydroxylation sites is 1. The van der Waals surface area contributed by atoms with Gasteiger partial charge in [-0.2, -0.15) is 0 Å². The standard InChI is InChI=1S/C24H27N3O2S/c1-2-17-10-11-22-18(13-17)14-19(23(28)26-22)15-27(16-21-9-6-12-29-21)24(30)25-20-7-4-3-5-8-20/h3-5,7-8,10-11,13-14,21H,2,6,9,12,15-16H2,1H3,(H,25,30)(H,26,28)/t21-/m0/s1. The molecule has 1 aliphatic heterocycles. The number of hydrogen-bond acceptors (Lipinski definition) is 3. The van der Waals surface area contributed by atoms with Gasteiger partial charge in [-0.1, -0.05) is 31.2 Å². The molecule has 0 radical (unpaired) electrons. The summed E-state index contributed by atoms with van der Waals surface area (Å²) in [6.45, 7) is 4.00. The summed E-state index contributed by atoms with van der Waals surface area (Å²) in [5, 5.41) is 4.94. The molecule has 2 aromatic carbocycles. The summed E-state index contributed by atoms with van der Waals surface area (Å²) in [4.78, 5) is 17.8. The maximum absolute atomic E-state index is 12.8. The molecule has 3 aromatic rings. The molecule has 6 heteroatoms. The van der Waals surface area contributed by atoms with E-state index >= 15 is 0 Å². The molecule has 1 aliphatic rings. The lowest BCUT2D eigenvalue weighted by Crippen LogP contribution is -2.40. The molecule has 0 aliphatic carbocycles. The highest BCUT2D eigenvalue weighted by molar-refractivity contribution is 7.80. The van der Waals surface area contributed by atoms with Crippen LogP contribution in [-0.2, 0) is 17.7 Å². The quantitative estimate of drug-likeness (QED) is 0.575. The van der Waals surface area contributed by atoms with Crippen LogP contribution >= 0.6 is 12.2 Å². The molecule has 2 N–H and O–H groups in total. The Morgan fingerprint density at radius 3 is 2.80 bits per heavy atom. The molecule has 0 spiro atoms. The van der Waals surface area contributed by atoms with E-state index in [1.54, 1.807) is 0 Å². The second kappa shape index (κ2) is 9.41. The largest absolute Gasteiger partial charge is 0.376 e. The number of nitrogens with one attached hydrogen (secondary N) is 2. The number of H-pyrrole nitrogens is 1. The number of thiocarbonyl (C=S) groups is 1. The van der Waals surface area contributed by atoms with E-state index in [2.05, 4.69) is 29.4 Å². The summed E-state index contributed by atoms with van der Waals surface area (Å²) < 4.78 is 5.84. The third-order valence-electron chi connectivity index (χ3n) is 5.52. The molecular formula is C24H27N3O2S. The highest BCUT2D eigenvalue weighted by Gasteiger charge is 2.22. The van der Waals surface area contributed by atoms with Gasteiger partial charge < -0.3 is 19.9 Å². The molecule has 2 heterocycles. The first kappa shape index (κ1) is 20.6. The van der Waals surface area contributed by atoms with Crippen LogP contribution in [0.15, 0.2) is 59.4 Å². The fraction of sp³-hybridized carbons (Fsp3) is 0.333. The Morgan fingerprint density at radius 2 is 2.07 bits per heavy atom. The summed E-state index contributed by atoms with van der Waals surface area (Å²) in [6.07, 6.45) is 3.17. The van der Waals surface area contributed by atoms with E-state index in [9.17, 15) is 4.79 Å². The lowest BCUT2D eigenvalue weighted by atomic mass is 10.1. The minimum atomic E-state index is -0.0772. The zero-order valence-electron chi connectivity index (χ0n) is 17.2. The van der Waals surface area contributed by atoms with Crippen molar-refractivity contribution < 1.29 is 4.74 Å². The molecule has 4 rings (SSSR count). The average molecular weight is 422 g/mol. The Balaban J connectivity index is 1.60. The van der Waals surface area contributed by atoms with Gasteiger partial charge in [0.2, 0.25) is 0 Å². The van der Waals surface area contributed by atoms with E-state index < -0.39 is 0 Å². The van der Waals surface area contributed by atoms with Crippen molar-refractivity contribution in [2.75, 3.05) is 18.5 Å². The Hall–Kier alpha value is -2.70. The number of aromatic nitrogens is 1. The first-order valence-electron chi connectivity index (χ1n) is 10.5. The highest BCUT2D eigenvalue weighted by Crippen LogP contribution is 2.18. The fourth-order valence-corrected chi connectivity index (χ4v) is 4.08. The third-order valence-corrected chi connectivity index (χ3v) is 5.88. The van der Waals surface area contributed by atoms with Crippen molar-refractivity contribution in [3.8, 4) is 0 Å². The van der Waals surface area contributed by atoms with Crippen LogP contribution in [0.5, 0.6) is 0 Å². The van der Waals surface area contributed by atoms with Crippen molar-refractivity contribution in [1.29, 1.82) is 0 Å². The molecule has 5 nitrogen and oxygen atoms in total. The second-order valence-electron chi connectivity index (χ2n) is 7.71. The molecule has 0 saturated carbocycles. The van der Waals surface area contributed by atoms with Crippen molar-refractivity contribution in [2.45, 2.75) is 38.8 Å². The zero-order valence-corrected chi connectivity index (χ0v) is 18.0. The monoisotopic (exact) mass is 421 g/mol. The SMILES string of the molecule is CCc1ccc2[nH]c(=O)c(CN(C[C@@H]3CCCO3)C(=S)Nc3ccccc3)cc2c1. The van der Waals surface area contributed by atoms with Gasteiger partial charge in [0.05, 0.1) is 12.6 Å². The molecule has 0 amide bonds. The third kappa shape index (κ3) is 4.89. The van der Waals surface area contributed by atoms with Gasteiger partial charge in [-0.15, -0.1) is 0 Å². The predicted molar refractivity (Wildman–Crippen MR) is 126 cm³/mol. The number of fused-ring (bicyclic) bond motifs is 1. The topological polar surface area (TPSA) is 57.4 Å². The Kier molecular flexibility index (Phi) is 6.45. The summed E-state index contributed by atoms with van der Waals surface area (Å²) in [6, 6.07) is 18.0. The molecule has 1 saturated heterocycles. The van der Waals surface area contributed by atoms with Crippen LogP contribution in [0.2, 0.25) is 0 Å². The predicted octanol–water partition coefficient (Wildman–Crippen LogP) is 4.47. The van der Waals surface area contributed by atoms with Gasteiger partial charge in [-0.25, -0.2) is 0 Å². The minimum absolute atomic E-state index is 0.0772. The molecular weight excluding hydrogens is 394 g/mol. The molecule has 1 fully saturated rings. The normalized spacial score (nSPS) is 16.0. The van der Waals surface area contributed by atoms with Gasteiger partial charge >= 0.3 is 0 Å². The minimum Gasteiger partial charge on any atom is -0.376 e. The summed E-state index contributed by atoms with van der Waals surface area (Å²) in [5.74, 6) is 0. The van der Waals surface area contributed by atoms with Crippen LogP contribution in [0.1, 0.15) is 30.9 Å². The van der Waals surface area contributed by atoms with Gasteiger partial charge in [-0.3, -0.25) is 4.79 Å². The first-order valence-corrected chi connectivity index (χ1v) is 10.9. The number of rotatable bonds is 6. The van der Waals surface area contributed by atoms with Crippen molar-refractivity contribution in [3.63, 3.8) is 0 Å². The van der Waals surface area contributed by atoms with E-state index in [0.717, 1.165) is 42.5 Å². The maximum atomic E-state index is 12.8. The zero-order chi connectivity index (χ0) is 20.9. The highest BCUT2D eigenvalue weighted by atomic mass is 32.1.